The molecule has 0 spiro atoms. The molecule has 0 radical (unpaired) electrons. The number of pyridine rings is 2. The van der Waals surface area contributed by atoms with E-state index >= 15 is 0 Å². The Morgan fingerprint density at radius 2 is 0.613 bits per heavy atom. The highest BCUT2D eigenvalue weighted by Gasteiger charge is 2.42. The molecule has 0 bridgehead atoms. The molecule has 10 rings (SSSR count). The number of benzene rings is 6. The average Bonchev–Trinajstić information content (AvgIpc) is 3.82. The summed E-state index contributed by atoms with van der Waals surface area (Å²) in [4.78, 5) is 8.97. The summed E-state index contributed by atoms with van der Waals surface area (Å²) in [7, 11) is 0. The van der Waals surface area contributed by atoms with Gasteiger partial charge in [0, 0.05) is 12.1 Å². The summed E-state index contributed by atoms with van der Waals surface area (Å²) < 4.78 is 6.04. The van der Waals surface area contributed by atoms with Gasteiger partial charge in [-0.15, -0.1) is 0 Å². The lowest BCUT2D eigenvalue weighted by Crippen LogP contribution is -2.38. The first-order valence-corrected chi connectivity index (χ1v) is 22.9. The van der Waals surface area contributed by atoms with Crippen LogP contribution in [0.5, 0.6) is 0 Å². The molecule has 0 atom stereocenters. The summed E-state index contributed by atoms with van der Waals surface area (Å²) in [6, 6.07) is 67.0. The molecule has 304 valence electrons. The number of aryl methyl sites for hydroxylation is 2. The monoisotopic (exact) mass is 1070 g/mol. The zero-order valence-electron chi connectivity index (χ0n) is 33.7. The fraction of sp³-hybridized carbons (Fsp3) is 0.0769. The first kappa shape index (κ1) is 41.9. The molecule has 0 saturated heterocycles. The Morgan fingerprint density at radius 1 is 0.387 bits per heavy atom. The number of aromatic nitrogens is 6. The first-order chi connectivity index (χ1) is 30.2. The van der Waals surface area contributed by atoms with Crippen LogP contribution >= 0.6 is 68.4 Å². The fourth-order valence-electron chi connectivity index (χ4n) is 8.79. The molecular formula is C52H38Cl2I2N6. The Hall–Kier alpha value is -5.40. The van der Waals surface area contributed by atoms with Gasteiger partial charge in [0.1, 0.15) is 28.8 Å². The van der Waals surface area contributed by atoms with Gasteiger partial charge in [-0.05, 0) is 92.4 Å². The van der Waals surface area contributed by atoms with Crippen molar-refractivity contribution in [1.82, 2.24) is 29.5 Å². The quantitative estimate of drug-likeness (QED) is 0.0864. The fourth-order valence-corrected chi connectivity index (χ4v) is 11.0. The Balaban J connectivity index is 0.000000158. The van der Waals surface area contributed by atoms with Crippen LogP contribution in [0.25, 0.3) is 21.8 Å². The topological polar surface area (TPSA) is 61.4 Å². The van der Waals surface area contributed by atoms with Crippen LogP contribution in [0.2, 0.25) is 10.3 Å². The van der Waals surface area contributed by atoms with Gasteiger partial charge in [-0.3, -0.25) is 0 Å². The van der Waals surface area contributed by atoms with Gasteiger partial charge < -0.3 is 0 Å². The van der Waals surface area contributed by atoms with Gasteiger partial charge in [-0.25, -0.2) is 19.3 Å². The van der Waals surface area contributed by atoms with Crippen LogP contribution in [-0.2, 0) is 11.1 Å². The number of hydrogen-bond donors (Lipinski definition) is 0. The number of halogens is 4. The first-order valence-electron chi connectivity index (χ1n) is 20.0. The summed E-state index contributed by atoms with van der Waals surface area (Å²) in [5.74, 6) is 0. The van der Waals surface area contributed by atoms with Crippen molar-refractivity contribution in [3.05, 3.63) is 257 Å². The van der Waals surface area contributed by atoms with Gasteiger partial charge in [-0.1, -0.05) is 205 Å². The summed E-state index contributed by atoms with van der Waals surface area (Å²) in [6.07, 6.45) is 0. The number of fused-ring (bicyclic) bond motifs is 2. The molecule has 4 heterocycles. The van der Waals surface area contributed by atoms with Crippen molar-refractivity contribution >= 4 is 90.2 Å². The third-order valence-corrected chi connectivity index (χ3v) is 13.2. The molecule has 10 aromatic rings. The van der Waals surface area contributed by atoms with E-state index in [9.17, 15) is 0 Å². The lowest BCUT2D eigenvalue weighted by molar-refractivity contribution is 0.473. The molecule has 0 aliphatic heterocycles. The van der Waals surface area contributed by atoms with Crippen molar-refractivity contribution in [2.45, 2.75) is 24.9 Å². The Kier molecular flexibility index (Phi) is 12.0. The van der Waals surface area contributed by atoms with E-state index in [0.29, 0.717) is 10.3 Å². The van der Waals surface area contributed by atoms with Crippen LogP contribution in [-0.4, -0.2) is 29.5 Å². The van der Waals surface area contributed by atoms with Crippen molar-refractivity contribution in [3.8, 4) is 0 Å². The van der Waals surface area contributed by atoms with Gasteiger partial charge >= 0.3 is 0 Å². The van der Waals surface area contributed by atoms with Gasteiger partial charge in [-0.2, -0.15) is 10.2 Å². The largest absolute Gasteiger partial charge is 0.244 e. The SMILES string of the molecule is Cc1nc(Cl)cc2c1c(I)nn2C(c1ccccc1)(c1ccccc1)c1ccccc1.Cc1nc(Cl)cc2c1c(I)nn2C(c1ccccc1)(c1ccccc1)c1ccccc1. The molecule has 0 fully saturated rings. The highest BCUT2D eigenvalue weighted by molar-refractivity contribution is 14.1. The zero-order chi connectivity index (χ0) is 42.8. The van der Waals surface area contributed by atoms with E-state index in [1.54, 1.807) is 0 Å². The number of nitrogens with zero attached hydrogens (tertiary/aromatic N) is 6. The molecule has 6 aromatic carbocycles. The average molecular weight is 1070 g/mol. The van der Waals surface area contributed by atoms with Crippen LogP contribution in [0, 0.1) is 21.2 Å². The number of hydrogen-bond acceptors (Lipinski definition) is 4. The Morgan fingerprint density at radius 3 is 0.839 bits per heavy atom. The molecule has 6 nitrogen and oxygen atoms in total. The van der Waals surface area contributed by atoms with E-state index in [0.717, 1.165) is 74.0 Å². The van der Waals surface area contributed by atoms with Gasteiger partial charge in [0.05, 0.1) is 33.2 Å². The lowest BCUT2D eigenvalue weighted by Gasteiger charge is -2.37. The number of rotatable bonds is 8. The van der Waals surface area contributed by atoms with Gasteiger partial charge in [0.15, 0.2) is 0 Å². The van der Waals surface area contributed by atoms with Crippen LogP contribution in [0.3, 0.4) is 0 Å². The molecule has 0 N–H and O–H groups in total. The highest BCUT2D eigenvalue weighted by Crippen LogP contribution is 2.45. The molecule has 10 heteroatoms. The van der Waals surface area contributed by atoms with Crippen molar-refractivity contribution in [2.75, 3.05) is 0 Å². The minimum absolute atomic E-state index is 0.464. The normalized spacial score (nSPS) is 11.7. The van der Waals surface area contributed by atoms with Crippen molar-refractivity contribution in [3.63, 3.8) is 0 Å². The summed E-state index contributed by atoms with van der Waals surface area (Å²) in [5, 5.41) is 13.2. The second-order valence-electron chi connectivity index (χ2n) is 14.9. The maximum Gasteiger partial charge on any atom is 0.138 e. The van der Waals surface area contributed by atoms with E-state index in [1.165, 1.54) is 0 Å². The van der Waals surface area contributed by atoms with E-state index in [2.05, 4.69) is 210 Å². The molecule has 0 aliphatic carbocycles. The van der Waals surface area contributed by atoms with E-state index in [-0.39, 0.29) is 0 Å². The van der Waals surface area contributed by atoms with E-state index in [4.69, 9.17) is 33.4 Å². The van der Waals surface area contributed by atoms with Crippen LogP contribution in [0.15, 0.2) is 194 Å². The molecule has 0 amide bonds. The third-order valence-electron chi connectivity index (χ3n) is 11.3. The predicted octanol–water partition coefficient (Wildman–Crippen LogP) is 13.7. The van der Waals surface area contributed by atoms with Crippen LogP contribution < -0.4 is 0 Å². The maximum absolute atomic E-state index is 6.44. The Labute approximate surface area is 397 Å². The molecule has 0 aliphatic rings. The standard InChI is InChI=1S/2C26H19ClIN3/c2*1-18-24-22(17-23(27)29-18)31(30-25(24)28)26(19-11-5-2-6-12-19,20-13-7-3-8-14-20)21-15-9-4-10-16-21/h2*2-17H,1H3. The van der Waals surface area contributed by atoms with Gasteiger partial charge in [0.2, 0.25) is 0 Å². The van der Waals surface area contributed by atoms with Gasteiger partial charge in [0.25, 0.3) is 0 Å². The van der Waals surface area contributed by atoms with Crippen molar-refractivity contribution in [1.29, 1.82) is 0 Å². The predicted molar refractivity (Wildman–Crippen MR) is 269 cm³/mol. The molecule has 0 unspecified atom stereocenters. The van der Waals surface area contributed by atoms with Crippen molar-refractivity contribution < 1.29 is 0 Å². The maximum atomic E-state index is 6.44. The van der Waals surface area contributed by atoms with E-state index in [1.807, 2.05) is 62.4 Å². The molecule has 62 heavy (non-hydrogen) atoms. The van der Waals surface area contributed by atoms with Crippen LogP contribution in [0.4, 0.5) is 0 Å². The lowest BCUT2D eigenvalue weighted by atomic mass is 9.77. The van der Waals surface area contributed by atoms with Crippen LogP contribution in [0.1, 0.15) is 44.8 Å². The second-order valence-corrected chi connectivity index (χ2v) is 17.7. The third kappa shape index (κ3) is 7.30. The second kappa shape index (κ2) is 17.8. The van der Waals surface area contributed by atoms with Crippen molar-refractivity contribution in [2.24, 2.45) is 0 Å². The molecule has 4 aromatic heterocycles. The highest BCUT2D eigenvalue weighted by atomic mass is 127. The minimum atomic E-state index is -0.678. The summed E-state index contributed by atoms with van der Waals surface area (Å²) in [6.45, 7) is 3.97. The smallest absolute Gasteiger partial charge is 0.138 e. The Bertz CT molecular complexity index is 2720. The zero-order valence-corrected chi connectivity index (χ0v) is 39.5. The van der Waals surface area contributed by atoms with E-state index < -0.39 is 11.1 Å². The minimum Gasteiger partial charge on any atom is -0.244 e. The summed E-state index contributed by atoms with van der Waals surface area (Å²) in [5.41, 5.74) is 9.05. The summed E-state index contributed by atoms with van der Waals surface area (Å²) >= 11 is 17.5. The molecular weight excluding hydrogens is 1030 g/mol. The molecule has 0 saturated carbocycles.